The molecule has 102 valence electrons. The van der Waals surface area contributed by atoms with Crippen LogP contribution in [0.5, 0.6) is 0 Å². The van der Waals surface area contributed by atoms with Crippen molar-refractivity contribution in [2.45, 2.75) is 25.3 Å². The minimum absolute atomic E-state index is 0.381. The lowest BCUT2D eigenvalue weighted by molar-refractivity contribution is 0.372. The SMILES string of the molecule is CN(C)CC1CCCN1c1ccc(N)c(CC#N)c1. The number of likely N-dealkylation sites (N-methyl/N-ethyl adjacent to an activating group) is 1. The number of rotatable bonds is 4. The van der Waals surface area contributed by atoms with E-state index in [1.54, 1.807) is 0 Å². The molecule has 0 amide bonds. The molecular weight excluding hydrogens is 236 g/mol. The van der Waals surface area contributed by atoms with Gasteiger partial charge in [0.15, 0.2) is 0 Å². The van der Waals surface area contributed by atoms with E-state index in [2.05, 4.69) is 42.1 Å². The van der Waals surface area contributed by atoms with Crippen LogP contribution in [0.25, 0.3) is 0 Å². The molecule has 1 aliphatic heterocycles. The van der Waals surface area contributed by atoms with Gasteiger partial charge in [-0.3, -0.25) is 0 Å². The van der Waals surface area contributed by atoms with E-state index in [0.29, 0.717) is 18.2 Å². The van der Waals surface area contributed by atoms with E-state index in [-0.39, 0.29) is 0 Å². The summed E-state index contributed by atoms with van der Waals surface area (Å²) < 4.78 is 0. The first-order chi connectivity index (χ1) is 9.11. The van der Waals surface area contributed by atoms with Crippen LogP contribution in [0.15, 0.2) is 18.2 Å². The second kappa shape index (κ2) is 5.94. The lowest BCUT2D eigenvalue weighted by atomic mass is 10.1. The third-order valence-corrected chi connectivity index (χ3v) is 3.68. The molecule has 4 nitrogen and oxygen atoms in total. The number of nitrogen functional groups attached to an aromatic ring is 1. The Morgan fingerprint density at radius 2 is 2.26 bits per heavy atom. The van der Waals surface area contributed by atoms with Crippen molar-refractivity contribution in [1.29, 1.82) is 5.26 Å². The molecular formula is C15H22N4. The zero-order valence-electron chi connectivity index (χ0n) is 11.8. The van der Waals surface area contributed by atoms with Crippen molar-refractivity contribution in [2.75, 3.05) is 37.8 Å². The molecule has 0 saturated carbocycles. The maximum atomic E-state index is 8.85. The number of nitrogens with zero attached hydrogens (tertiary/aromatic N) is 3. The highest BCUT2D eigenvalue weighted by molar-refractivity contribution is 5.60. The monoisotopic (exact) mass is 258 g/mol. The first-order valence-corrected chi connectivity index (χ1v) is 6.78. The maximum absolute atomic E-state index is 8.85. The van der Waals surface area contributed by atoms with Gasteiger partial charge in [-0.1, -0.05) is 0 Å². The standard InChI is InChI=1S/C15H22N4/c1-18(2)11-14-4-3-9-19(14)13-5-6-15(17)12(10-13)7-8-16/h5-6,10,14H,3-4,7,9,11,17H2,1-2H3. The Hall–Kier alpha value is -1.73. The molecule has 1 saturated heterocycles. The summed E-state index contributed by atoms with van der Waals surface area (Å²) in [5.41, 5.74) is 8.77. The fourth-order valence-electron chi connectivity index (χ4n) is 2.80. The summed E-state index contributed by atoms with van der Waals surface area (Å²) >= 11 is 0. The summed E-state index contributed by atoms with van der Waals surface area (Å²) in [7, 11) is 4.22. The van der Waals surface area contributed by atoms with Crippen LogP contribution < -0.4 is 10.6 Å². The molecule has 1 aromatic rings. The summed E-state index contributed by atoms with van der Waals surface area (Å²) in [6.07, 6.45) is 2.85. The van der Waals surface area contributed by atoms with E-state index in [1.165, 1.54) is 18.5 Å². The number of nitriles is 1. The van der Waals surface area contributed by atoms with Crippen molar-refractivity contribution >= 4 is 11.4 Å². The molecule has 1 aromatic carbocycles. The van der Waals surface area contributed by atoms with Crippen LogP contribution in [0, 0.1) is 11.3 Å². The number of hydrogen-bond acceptors (Lipinski definition) is 4. The second-order valence-corrected chi connectivity index (χ2v) is 5.47. The molecule has 4 heteroatoms. The van der Waals surface area contributed by atoms with Gasteiger partial charge in [0.1, 0.15) is 0 Å². The van der Waals surface area contributed by atoms with Gasteiger partial charge in [-0.15, -0.1) is 0 Å². The van der Waals surface area contributed by atoms with Gasteiger partial charge in [0, 0.05) is 30.5 Å². The zero-order valence-corrected chi connectivity index (χ0v) is 11.8. The molecule has 2 rings (SSSR count). The van der Waals surface area contributed by atoms with Gasteiger partial charge in [-0.25, -0.2) is 0 Å². The highest BCUT2D eigenvalue weighted by Crippen LogP contribution is 2.28. The second-order valence-electron chi connectivity index (χ2n) is 5.47. The molecule has 19 heavy (non-hydrogen) atoms. The number of nitrogens with two attached hydrogens (primary N) is 1. The van der Waals surface area contributed by atoms with E-state index in [9.17, 15) is 0 Å². The van der Waals surface area contributed by atoms with Gasteiger partial charge < -0.3 is 15.5 Å². The van der Waals surface area contributed by atoms with E-state index >= 15 is 0 Å². The first kappa shape index (κ1) is 13.7. The van der Waals surface area contributed by atoms with Crippen LogP contribution >= 0.6 is 0 Å². The molecule has 1 fully saturated rings. The Kier molecular flexibility index (Phi) is 4.28. The third-order valence-electron chi connectivity index (χ3n) is 3.68. The summed E-state index contributed by atoms with van der Waals surface area (Å²) in [5.74, 6) is 0. The Balaban J connectivity index is 2.21. The predicted octanol–water partition coefficient (Wildman–Crippen LogP) is 1.87. The maximum Gasteiger partial charge on any atom is 0.0670 e. The van der Waals surface area contributed by atoms with Crippen LogP contribution in [0.3, 0.4) is 0 Å². The van der Waals surface area contributed by atoms with Crippen LogP contribution in [-0.4, -0.2) is 38.1 Å². The summed E-state index contributed by atoms with van der Waals surface area (Å²) in [5, 5.41) is 8.85. The van der Waals surface area contributed by atoms with Gasteiger partial charge in [0.25, 0.3) is 0 Å². The predicted molar refractivity (Wildman–Crippen MR) is 79.1 cm³/mol. The van der Waals surface area contributed by atoms with Crippen LogP contribution in [0.4, 0.5) is 11.4 Å². The van der Waals surface area contributed by atoms with E-state index in [0.717, 1.165) is 18.7 Å². The molecule has 0 radical (unpaired) electrons. The molecule has 1 atom stereocenters. The van der Waals surface area contributed by atoms with E-state index in [1.807, 2.05) is 6.07 Å². The third kappa shape index (κ3) is 3.18. The van der Waals surface area contributed by atoms with Crippen molar-refractivity contribution in [3.05, 3.63) is 23.8 Å². The van der Waals surface area contributed by atoms with Crippen LogP contribution in [0.2, 0.25) is 0 Å². The van der Waals surface area contributed by atoms with E-state index < -0.39 is 0 Å². The van der Waals surface area contributed by atoms with Crippen molar-refractivity contribution in [1.82, 2.24) is 4.90 Å². The summed E-state index contributed by atoms with van der Waals surface area (Å²) in [6.45, 7) is 2.16. The molecule has 0 aromatic heterocycles. The quantitative estimate of drug-likeness (QED) is 0.838. The van der Waals surface area contributed by atoms with Gasteiger partial charge in [-0.2, -0.15) is 5.26 Å². The Morgan fingerprint density at radius 1 is 1.47 bits per heavy atom. The minimum atomic E-state index is 0.381. The van der Waals surface area contributed by atoms with Crippen molar-refractivity contribution in [3.63, 3.8) is 0 Å². The zero-order chi connectivity index (χ0) is 13.8. The molecule has 1 heterocycles. The molecule has 2 N–H and O–H groups in total. The number of anilines is 2. The normalized spacial score (nSPS) is 18.8. The Bertz CT molecular complexity index is 476. The number of benzene rings is 1. The molecule has 0 aliphatic carbocycles. The minimum Gasteiger partial charge on any atom is -0.398 e. The summed E-state index contributed by atoms with van der Waals surface area (Å²) in [4.78, 5) is 4.68. The Labute approximate surface area is 115 Å². The van der Waals surface area contributed by atoms with E-state index in [4.69, 9.17) is 11.0 Å². The van der Waals surface area contributed by atoms with Gasteiger partial charge >= 0.3 is 0 Å². The fourth-order valence-corrected chi connectivity index (χ4v) is 2.80. The van der Waals surface area contributed by atoms with Gasteiger partial charge in [0.2, 0.25) is 0 Å². The molecule has 1 unspecified atom stereocenters. The highest BCUT2D eigenvalue weighted by Gasteiger charge is 2.25. The van der Waals surface area contributed by atoms with Gasteiger partial charge in [-0.05, 0) is 50.7 Å². The lowest BCUT2D eigenvalue weighted by Crippen LogP contribution is -2.37. The smallest absolute Gasteiger partial charge is 0.0670 e. The fraction of sp³-hybridized carbons (Fsp3) is 0.533. The average Bonchev–Trinajstić information content (AvgIpc) is 2.79. The summed E-state index contributed by atoms with van der Waals surface area (Å²) in [6, 6.07) is 8.82. The largest absolute Gasteiger partial charge is 0.398 e. The number of hydrogen-bond donors (Lipinski definition) is 1. The van der Waals surface area contributed by atoms with Crippen LogP contribution in [0.1, 0.15) is 18.4 Å². The first-order valence-electron chi connectivity index (χ1n) is 6.78. The van der Waals surface area contributed by atoms with Crippen molar-refractivity contribution in [2.24, 2.45) is 0 Å². The van der Waals surface area contributed by atoms with Crippen molar-refractivity contribution < 1.29 is 0 Å². The lowest BCUT2D eigenvalue weighted by Gasteiger charge is -2.29. The van der Waals surface area contributed by atoms with Gasteiger partial charge in [0.05, 0.1) is 12.5 Å². The van der Waals surface area contributed by atoms with Crippen LogP contribution in [-0.2, 0) is 6.42 Å². The molecule has 0 bridgehead atoms. The van der Waals surface area contributed by atoms with Crippen molar-refractivity contribution in [3.8, 4) is 6.07 Å². The average molecular weight is 258 g/mol. The molecule has 1 aliphatic rings. The molecule has 0 spiro atoms. The highest BCUT2D eigenvalue weighted by atomic mass is 15.2. The topological polar surface area (TPSA) is 56.3 Å². The Morgan fingerprint density at radius 3 is 2.95 bits per heavy atom.